The Morgan fingerprint density at radius 3 is 1.79 bits per heavy atom. The molecule has 0 spiro atoms. The minimum atomic E-state index is -0.943. The molecule has 4 heteroatoms. The van der Waals surface area contributed by atoms with Gasteiger partial charge < -0.3 is 19.3 Å². The molecule has 0 fully saturated rings. The third-order valence-electron chi connectivity index (χ3n) is 3.87. The first-order valence-electron chi connectivity index (χ1n) is 9.88. The molecule has 24 heavy (non-hydrogen) atoms. The van der Waals surface area contributed by atoms with Crippen LogP contribution in [0.2, 0.25) is 0 Å². The first-order valence-corrected chi connectivity index (χ1v) is 9.88. The molecule has 3 unspecified atom stereocenters. The van der Waals surface area contributed by atoms with Crippen molar-refractivity contribution >= 4 is 0 Å². The first kappa shape index (κ1) is 23.8. The van der Waals surface area contributed by atoms with Crippen LogP contribution in [0, 0.1) is 5.41 Å². The smallest absolute Gasteiger partial charge is 0.183 e. The van der Waals surface area contributed by atoms with E-state index in [1.54, 1.807) is 0 Å². The van der Waals surface area contributed by atoms with E-state index >= 15 is 0 Å². The summed E-state index contributed by atoms with van der Waals surface area (Å²) in [5.41, 5.74) is 0.0113. The standard InChI is InChI=1S/C20H42O4/c1-7-10-12-14-22-17(9-3)18(23-15-13-11-8-2)19(21)24-16-20(4,5)6/h17-19,21H,7-16H2,1-6H3. The van der Waals surface area contributed by atoms with Gasteiger partial charge in [0.05, 0.1) is 12.7 Å². The van der Waals surface area contributed by atoms with Crippen LogP contribution >= 0.6 is 0 Å². The van der Waals surface area contributed by atoms with Gasteiger partial charge in [-0.25, -0.2) is 0 Å². The molecule has 0 aromatic heterocycles. The molecular formula is C20H42O4. The maximum absolute atomic E-state index is 10.5. The quantitative estimate of drug-likeness (QED) is 0.337. The van der Waals surface area contributed by atoms with Crippen LogP contribution in [0.15, 0.2) is 0 Å². The normalized spacial score (nSPS) is 16.1. The summed E-state index contributed by atoms with van der Waals surface area (Å²) in [5.74, 6) is 0. The van der Waals surface area contributed by atoms with Crippen molar-refractivity contribution in [3.05, 3.63) is 0 Å². The second-order valence-electron chi connectivity index (χ2n) is 7.83. The van der Waals surface area contributed by atoms with Crippen molar-refractivity contribution in [2.24, 2.45) is 5.41 Å². The molecular weight excluding hydrogens is 304 g/mol. The zero-order chi connectivity index (χ0) is 18.4. The predicted octanol–water partition coefficient (Wildman–Crippen LogP) is 4.93. The maximum atomic E-state index is 10.5. The van der Waals surface area contributed by atoms with Crippen LogP contribution in [-0.2, 0) is 14.2 Å². The summed E-state index contributed by atoms with van der Waals surface area (Å²) in [6.45, 7) is 14.6. The highest BCUT2D eigenvalue weighted by Gasteiger charge is 2.30. The molecule has 0 aliphatic carbocycles. The number of hydrogen-bond donors (Lipinski definition) is 1. The molecule has 0 aromatic rings. The molecule has 0 aliphatic rings. The Morgan fingerprint density at radius 2 is 1.33 bits per heavy atom. The average Bonchev–Trinajstić information content (AvgIpc) is 2.53. The van der Waals surface area contributed by atoms with Crippen molar-refractivity contribution in [3.8, 4) is 0 Å². The lowest BCUT2D eigenvalue weighted by atomic mass is 9.98. The summed E-state index contributed by atoms with van der Waals surface area (Å²) >= 11 is 0. The number of aliphatic hydroxyl groups excluding tert-OH is 1. The van der Waals surface area contributed by atoms with E-state index < -0.39 is 12.4 Å². The highest BCUT2D eigenvalue weighted by Crippen LogP contribution is 2.19. The number of aliphatic hydroxyl groups is 1. The topological polar surface area (TPSA) is 47.9 Å². The molecule has 0 bridgehead atoms. The maximum Gasteiger partial charge on any atom is 0.183 e. The van der Waals surface area contributed by atoms with Crippen molar-refractivity contribution < 1.29 is 19.3 Å². The molecule has 0 amide bonds. The van der Waals surface area contributed by atoms with E-state index in [0.717, 1.165) is 32.1 Å². The summed E-state index contributed by atoms with van der Waals surface area (Å²) in [5, 5.41) is 10.5. The van der Waals surface area contributed by atoms with Crippen LogP contribution < -0.4 is 0 Å². The number of ether oxygens (including phenoxy) is 3. The van der Waals surface area contributed by atoms with Gasteiger partial charge in [-0.15, -0.1) is 0 Å². The van der Waals surface area contributed by atoms with Crippen LogP contribution in [0.5, 0.6) is 0 Å². The largest absolute Gasteiger partial charge is 0.375 e. The van der Waals surface area contributed by atoms with Crippen molar-refractivity contribution in [2.75, 3.05) is 19.8 Å². The van der Waals surface area contributed by atoms with Gasteiger partial charge in [0.15, 0.2) is 6.29 Å². The van der Waals surface area contributed by atoms with E-state index in [4.69, 9.17) is 14.2 Å². The first-order chi connectivity index (χ1) is 11.4. The number of unbranched alkanes of at least 4 members (excludes halogenated alkanes) is 4. The fraction of sp³-hybridized carbons (Fsp3) is 1.00. The van der Waals surface area contributed by atoms with Gasteiger partial charge in [0.1, 0.15) is 6.10 Å². The second kappa shape index (κ2) is 14.1. The summed E-state index contributed by atoms with van der Waals surface area (Å²) in [6, 6.07) is 0. The van der Waals surface area contributed by atoms with Gasteiger partial charge in [-0.3, -0.25) is 0 Å². The van der Waals surface area contributed by atoms with Crippen LogP contribution in [0.1, 0.15) is 86.5 Å². The fourth-order valence-corrected chi connectivity index (χ4v) is 2.41. The van der Waals surface area contributed by atoms with Crippen molar-refractivity contribution in [2.45, 2.75) is 105 Å². The predicted molar refractivity (Wildman–Crippen MR) is 100 cm³/mol. The Labute approximate surface area is 150 Å². The third kappa shape index (κ3) is 12.2. The highest BCUT2D eigenvalue weighted by atomic mass is 16.6. The minimum Gasteiger partial charge on any atom is -0.375 e. The van der Waals surface area contributed by atoms with Crippen molar-refractivity contribution in [1.29, 1.82) is 0 Å². The summed E-state index contributed by atoms with van der Waals surface area (Å²) in [6.07, 6.45) is 6.01. The van der Waals surface area contributed by atoms with Crippen LogP contribution in [0.3, 0.4) is 0 Å². The van der Waals surface area contributed by atoms with Gasteiger partial charge in [-0.1, -0.05) is 67.2 Å². The lowest BCUT2D eigenvalue weighted by molar-refractivity contribution is -0.222. The molecule has 0 saturated heterocycles. The molecule has 0 rings (SSSR count). The van der Waals surface area contributed by atoms with Gasteiger partial charge in [-0.05, 0) is 24.7 Å². The number of hydrogen-bond acceptors (Lipinski definition) is 4. The van der Waals surface area contributed by atoms with E-state index in [9.17, 15) is 5.11 Å². The molecule has 0 heterocycles. The minimum absolute atomic E-state index is 0.0113. The monoisotopic (exact) mass is 346 g/mol. The molecule has 0 aromatic carbocycles. The van der Waals surface area contributed by atoms with Crippen LogP contribution in [-0.4, -0.2) is 43.4 Å². The highest BCUT2D eigenvalue weighted by molar-refractivity contribution is 4.74. The summed E-state index contributed by atoms with van der Waals surface area (Å²) < 4.78 is 17.7. The molecule has 0 radical (unpaired) electrons. The van der Waals surface area contributed by atoms with E-state index in [0.29, 0.717) is 19.8 Å². The summed E-state index contributed by atoms with van der Waals surface area (Å²) in [7, 11) is 0. The SMILES string of the molecule is CCCCCOC(CC)C(OCCCCC)C(O)OCC(C)(C)C. The van der Waals surface area contributed by atoms with E-state index in [2.05, 4.69) is 41.5 Å². The molecule has 4 nitrogen and oxygen atoms in total. The lowest BCUT2D eigenvalue weighted by Crippen LogP contribution is -2.44. The van der Waals surface area contributed by atoms with Crippen LogP contribution in [0.25, 0.3) is 0 Å². The molecule has 146 valence electrons. The zero-order valence-electron chi connectivity index (χ0n) is 17.0. The van der Waals surface area contributed by atoms with E-state index in [1.807, 2.05) is 0 Å². The number of rotatable bonds is 15. The Balaban J connectivity index is 4.60. The van der Waals surface area contributed by atoms with E-state index in [1.165, 1.54) is 12.8 Å². The van der Waals surface area contributed by atoms with Gasteiger partial charge in [0.2, 0.25) is 0 Å². The van der Waals surface area contributed by atoms with Gasteiger partial charge in [0, 0.05) is 13.2 Å². The Kier molecular flexibility index (Phi) is 14.0. The Morgan fingerprint density at radius 1 is 0.792 bits per heavy atom. The zero-order valence-corrected chi connectivity index (χ0v) is 17.0. The van der Waals surface area contributed by atoms with Crippen molar-refractivity contribution in [1.82, 2.24) is 0 Å². The van der Waals surface area contributed by atoms with E-state index in [-0.39, 0.29) is 11.5 Å². The fourth-order valence-electron chi connectivity index (χ4n) is 2.41. The lowest BCUT2D eigenvalue weighted by Gasteiger charge is -2.32. The van der Waals surface area contributed by atoms with Gasteiger partial charge in [0.25, 0.3) is 0 Å². The Hall–Kier alpha value is -0.160. The molecule has 0 aliphatic heterocycles. The van der Waals surface area contributed by atoms with Gasteiger partial charge >= 0.3 is 0 Å². The molecule has 1 N–H and O–H groups in total. The molecule has 3 atom stereocenters. The van der Waals surface area contributed by atoms with Crippen molar-refractivity contribution in [3.63, 3.8) is 0 Å². The van der Waals surface area contributed by atoms with Crippen LogP contribution in [0.4, 0.5) is 0 Å². The molecule has 0 saturated carbocycles. The Bertz CT molecular complexity index is 275. The van der Waals surface area contributed by atoms with Gasteiger partial charge in [-0.2, -0.15) is 0 Å². The average molecular weight is 347 g/mol. The summed E-state index contributed by atoms with van der Waals surface area (Å²) in [4.78, 5) is 0. The third-order valence-corrected chi connectivity index (χ3v) is 3.87. The second-order valence-corrected chi connectivity index (χ2v) is 7.83.